The Morgan fingerprint density at radius 2 is 1.77 bits per heavy atom. The van der Waals surface area contributed by atoms with Gasteiger partial charge < -0.3 is 10.5 Å². The maximum atomic E-state index is 5.77. The van der Waals surface area contributed by atoms with E-state index in [2.05, 4.69) is 39.2 Å². The van der Waals surface area contributed by atoms with Crippen molar-refractivity contribution in [3.05, 3.63) is 29.8 Å². The molecule has 3 heteroatoms. The predicted octanol–water partition coefficient (Wildman–Crippen LogP) is 4.50. The number of rotatable bonds is 4. The summed E-state index contributed by atoms with van der Waals surface area (Å²) in [4.78, 5) is 0. The molecule has 2 unspecified atom stereocenters. The molecular weight excluding hydrogens is 286 g/mol. The molecule has 1 heterocycles. The lowest BCUT2D eigenvalue weighted by atomic mass is 10.2. The van der Waals surface area contributed by atoms with E-state index >= 15 is 0 Å². The molecule has 2 N–H and O–H groups in total. The molecule has 22 heavy (non-hydrogen) atoms. The largest absolute Gasteiger partial charge is 0.481 e. The Kier molecular flexibility index (Phi) is 5.72. The van der Waals surface area contributed by atoms with Crippen LogP contribution in [-0.4, -0.2) is 14.7 Å². The predicted molar refractivity (Wildman–Crippen MR) is 96.5 cm³/mol. The molecule has 2 atom stereocenters. The molecule has 2 nitrogen and oxygen atoms in total. The van der Waals surface area contributed by atoms with Gasteiger partial charge in [-0.15, -0.1) is 5.54 Å². The van der Waals surface area contributed by atoms with Crippen molar-refractivity contribution >= 4 is 8.07 Å². The van der Waals surface area contributed by atoms with Gasteiger partial charge in [-0.05, 0) is 34.3 Å². The molecule has 1 aliphatic rings. The van der Waals surface area contributed by atoms with E-state index in [-0.39, 0.29) is 0 Å². The Bertz CT molecular complexity index is 531. The smallest absolute Gasteiger partial charge is 0.148 e. The van der Waals surface area contributed by atoms with Gasteiger partial charge >= 0.3 is 0 Å². The first-order valence-electron chi connectivity index (χ1n) is 8.42. The van der Waals surface area contributed by atoms with Crippen molar-refractivity contribution in [3.8, 4) is 17.2 Å². The zero-order valence-electron chi connectivity index (χ0n) is 14.4. The van der Waals surface area contributed by atoms with Gasteiger partial charge in [0, 0.05) is 6.54 Å². The van der Waals surface area contributed by atoms with Gasteiger partial charge in [0.1, 0.15) is 20.4 Å². The van der Waals surface area contributed by atoms with E-state index in [9.17, 15) is 0 Å². The van der Waals surface area contributed by atoms with E-state index in [1.165, 1.54) is 12.8 Å². The van der Waals surface area contributed by atoms with Crippen molar-refractivity contribution in [3.63, 3.8) is 0 Å². The SMILES string of the molecule is CC(C)[Si]1(C#CCOc2ccc(CN)cc2)C(C)CCC1C. The second-order valence-electron chi connectivity index (χ2n) is 6.91. The van der Waals surface area contributed by atoms with E-state index in [1.807, 2.05) is 24.3 Å². The number of benzene rings is 1. The standard InChI is InChI=1S/C19H29NOSi/c1-15(2)22(16(3)6-7-17(22)4)13-5-12-21-19-10-8-18(14-20)9-11-19/h8-11,15-17H,6-7,12,14,20H2,1-4H3. The molecule has 1 aromatic rings. The second-order valence-corrected chi connectivity index (χ2v) is 12.1. The molecule has 0 radical (unpaired) electrons. The van der Waals surface area contributed by atoms with Crippen LogP contribution >= 0.6 is 0 Å². The number of ether oxygens (including phenoxy) is 1. The van der Waals surface area contributed by atoms with E-state index in [0.717, 1.165) is 27.9 Å². The minimum atomic E-state index is -1.53. The molecule has 1 aromatic carbocycles. The lowest BCUT2D eigenvalue weighted by Gasteiger charge is -2.34. The highest BCUT2D eigenvalue weighted by Crippen LogP contribution is 2.51. The topological polar surface area (TPSA) is 35.2 Å². The molecule has 0 aliphatic carbocycles. The minimum absolute atomic E-state index is 0.489. The van der Waals surface area contributed by atoms with E-state index in [4.69, 9.17) is 10.5 Å². The molecule has 0 bridgehead atoms. The molecule has 1 fully saturated rings. The Balaban J connectivity index is 2.02. The van der Waals surface area contributed by atoms with Crippen molar-refractivity contribution in [1.82, 2.24) is 0 Å². The molecule has 1 saturated heterocycles. The second kappa shape index (κ2) is 7.35. The van der Waals surface area contributed by atoms with Crippen LogP contribution in [0.1, 0.15) is 46.1 Å². The molecule has 0 spiro atoms. The fourth-order valence-corrected chi connectivity index (χ4v) is 9.72. The molecule has 0 amide bonds. The highest BCUT2D eigenvalue weighted by atomic mass is 28.3. The highest BCUT2D eigenvalue weighted by Gasteiger charge is 2.49. The zero-order valence-corrected chi connectivity index (χ0v) is 15.4. The van der Waals surface area contributed by atoms with Crippen LogP contribution in [0.15, 0.2) is 24.3 Å². The van der Waals surface area contributed by atoms with E-state index in [1.54, 1.807) is 0 Å². The molecule has 1 aliphatic heterocycles. The molecule has 120 valence electrons. The first kappa shape index (κ1) is 17.1. The summed E-state index contributed by atoms with van der Waals surface area (Å²) in [5.74, 6) is 4.23. The summed E-state index contributed by atoms with van der Waals surface area (Å²) in [6, 6.07) is 7.96. The Morgan fingerprint density at radius 3 is 2.27 bits per heavy atom. The Morgan fingerprint density at radius 1 is 1.18 bits per heavy atom. The third kappa shape index (κ3) is 3.39. The van der Waals surface area contributed by atoms with Gasteiger partial charge in [-0.25, -0.2) is 0 Å². The first-order valence-corrected chi connectivity index (χ1v) is 10.7. The summed E-state index contributed by atoms with van der Waals surface area (Å²) in [5, 5.41) is 0. The van der Waals surface area contributed by atoms with Crippen LogP contribution in [0.5, 0.6) is 5.75 Å². The average Bonchev–Trinajstić information content (AvgIpc) is 2.81. The van der Waals surface area contributed by atoms with Gasteiger partial charge in [0.25, 0.3) is 0 Å². The lowest BCUT2D eigenvalue weighted by Crippen LogP contribution is -2.40. The maximum absolute atomic E-state index is 5.77. The molecule has 0 saturated carbocycles. The van der Waals surface area contributed by atoms with Gasteiger partial charge in [-0.1, -0.05) is 58.6 Å². The van der Waals surface area contributed by atoms with Crippen LogP contribution in [0, 0.1) is 11.5 Å². The number of hydrogen-bond donors (Lipinski definition) is 1. The minimum Gasteiger partial charge on any atom is -0.481 e. The monoisotopic (exact) mass is 315 g/mol. The van der Waals surface area contributed by atoms with Crippen molar-refractivity contribution < 1.29 is 4.74 Å². The number of nitrogens with two attached hydrogens (primary N) is 1. The number of hydrogen-bond acceptors (Lipinski definition) is 2. The summed E-state index contributed by atoms with van der Waals surface area (Å²) in [7, 11) is -1.53. The van der Waals surface area contributed by atoms with Crippen molar-refractivity contribution in [2.45, 2.75) is 63.7 Å². The lowest BCUT2D eigenvalue weighted by molar-refractivity contribution is 0.370. The van der Waals surface area contributed by atoms with Crippen LogP contribution in [0.2, 0.25) is 16.6 Å². The zero-order chi connectivity index (χ0) is 16.2. The van der Waals surface area contributed by atoms with Crippen molar-refractivity contribution in [2.24, 2.45) is 5.73 Å². The van der Waals surface area contributed by atoms with Crippen LogP contribution in [-0.2, 0) is 6.54 Å². The summed E-state index contributed by atoms with van der Waals surface area (Å²) >= 11 is 0. The van der Waals surface area contributed by atoms with Crippen molar-refractivity contribution in [1.29, 1.82) is 0 Å². The van der Waals surface area contributed by atoms with Gasteiger partial charge in [0.2, 0.25) is 0 Å². The quantitative estimate of drug-likeness (QED) is 0.656. The molecular formula is C19H29NOSi. The fourth-order valence-electron chi connectivity index (χ4n) is 4.02. The van der Waals surface area contributed by atoms with Crippen LogP contribution < -0.4 is 10.5 Å². The van der Waals surface area contributed by atoms with Gasteiger partial charge in [-0.2, -0.15) is 0 Å². The van der Waals surface area contributed by atoms with E-state index in [0.29, 0.717) is 13.2 Å². The normalized spacial score (nSPS) is 27.5. The van der Waals surface area contributed by atoms with Crippen LogP contribution in [0.4, 0.5) is 0 Å². The highest BCUT2D eigenvalue weighted by molar-refractivity contribution is 6.91. The molecule has 0 aromatic heterocycles. The van der Waals surface area contributed by atoms with Gasteiger partial charge in [0.15, 0.2) is 0 Å². The Hall–Kier alpha value is -1.24. The van der Waals surface area contributed by atoms with Gasteiger partial charge in [-0.3, -0.25) is 0 Å². The fraction of sp³-hybridized carbons (Fsp3) is 0.579. The van der Waals surface area contributed by atoms with Gasteiger partial charge in [0.05, 0.1) is 0 Å². The van der Waals surface area contributed by atoms with Crippen molar-refractivity contribution in [2.75, 3.05) is 6.61 Å². The summed E-state index contributed by atoms with van der Waals surface area (Å²) < 4.78 is 5.77. The summed E-state index contributed by atoms with van der Waals surface area (Å²) in [6.45, 7) is 10.6. The summed E-state index contributed by atoms with van der Waals surface area (Å²) in [6.07, 6.45) is 2.70. The first-order chi connectivity index (χ1) is 10.5. The maximum Gasteiger partial charge on any atom is 0.148 e. The third-order valence-electron chi connectivity index (χ3n) is 5.39. The third-order valence-corrected chi connectivity index (χ3v) is 11.8. The van der Waals surface area contributed by atoms with Crippen LogP contribution in [0.3, 0.4) is 0 Å². The van der Waals surface area contributed by atoms with E-state index < -0.39 is 8.07 Å². The van der Waals surface area contributed by atoms with Crippen LogP contribution in [0.25, 0.3) is 0 Å². The summed E-state index contributed by atoms with van der Waals surface area (Å²) in [5.41, 5.74) is 12.8. The average molecular weight is 316 g/mol. The molecule has 2 rings (SSSR count). The Labute approximate surface area is 136 Å².